The van der Waals surface area contributed by atoms with Crippen molar-refractivity contribution < 1.29 is 9.47 Å². The molecule has 1 aromatic carbocycles. The lowest BCUT2D eigenvalue weighted by Gasteiger charge is -2.41. The maximum atomic E-state index is 5.43. The Morgan fingerprint density at radius 3 is 2.79 bits per heavy atom. The molecule has 19 heavy (non-hydrogen) atoms. The molecule has 1 N–H and O–H groups in total. The number of nitrogens with one attached hydrogen (secondary N) is 1. The Hall–Kier alpha value is -0.870. The molecule has 1 heterocycles. The summed E-state index contributed by atoms with van der Waals surface area (Å²) in [4.78, 5) is 0. The lowest BCUT2D eigenvalue weighted by molar-refractivity contribution is 0.174. The maximum absolute atomic E-state index is 5.43. The zero-order valence-corrected chi connectivity index (χ0v) is 12.4. The monoisotopic (exact) mass is 279 g/mol. The van der Waals surface area contributed by atoms with Crippen molar-refractivity contribution in [2.24, 2.45) is 0 Å². The first kappa shape index (κ1) is 13.1. The second kappa shape index (κ2) is 5.25. The van der Waals surface area contributed by atoms with E-state index in [1.54, 1.807) is 0 Å². The van der Waals surface area contributed by atoms with Crippen LogP contribution in [0.3, 0.4) is 0 Å². The van der Waals surface area contributed by atoms with Gasteiger partial charge in [-0.25, -0.2) is 0 Å². The Morgan fingerprint density at radius 1 is 1.32 bits per heavy atom. The van der Waals surface area contributed by atoms with Crippen molar-refractivity contribution in [3.63, 3.8) is 0 Å². The first-order valence-corrected chi connectivity index (χ1v) is 8.13. The minimum Gasteiger partial charge on any atom is -0.454 e. The molecule has 1 aliphatic heterocycles. The zero-order valence-electron chi connectivity index (χ0n) is 11.6. The summed E-state index contributed by atoms with van der Waals surface area (Å²) in [6.07, 6.45) is 6.29. The molecule has 0 spiro atoms. The fraction of sp³-hybridized carbons (Fsp3) is 0.600. The molecular weight excluding hydrogens is 258 g/mol. The van der Waals surface area contributed by atoms with E-state index < -0.39 is 0 Å². The van der Waals surface area contributed by atoms with Gasteiger partial charge in [0.1, 0.15) is 0 Å². The van der Waals surface area contributed by atoms with E-state index in [0.29, 0.717) is 17.6 Å². The van der Waals surface area contributed by atoms with Gasteiger partial charge in [-0.1, -0.05) is 12.5 Å². The van der Waals surface area contributed by atoms with E-state index in [0.717, 1.165) is 18.0 Å². The molecule has 3 nitrogen and oxygen atoms in total. The molecule has 1 unspecified atom stereocenters. The van der Waals surface area contributed by atoms with Crippen LogP contribution in [0.15, 0.2) is 18.2 Å². The molecule has 0 bridgehead atoms. The predicted molar refractivity (Wildman–Crippen MR) is 79.1 cm³/mol. The number of fused-ring (bicyclic) bond motifs is 1. The molecule has 3 rings (SSSR count). The molecule has 1 fully saturated rings. The summed E-state index contributed by atoms with van der Waals surface area (Å²) < 4.78 is 11.3. The highest BCUT2D eigenvalue weighted by Crippen LogP contribution is 2.42. The summed E-state index contributed by atoms with van der Waals surface area (Å²) in [7, 11) is 0. The molecule has 1 aromatic rings. The van der Waals surface area contributed by atoms with Crippen molar-refractivity contribution in [1.29, 1.82) is 0 Å². The molecule has 0 aromatic heterocycles. The largest absolute Gasteiger partial charge is 0.454 e. The highest BCUT2D eigenvalue weighted by Gasteiger charge is 2.36. The van der Waals surface area contributed by atoms with Gasteiger partial charge in [0.25, 0.3) is 0 Å². The van der Waals surface area contributed by atoms with E-state index in [9.17, 15) is 0 Å². The van der Waals surface area contributed by atoms with Crippen LogP contribution in [0.5, 0.6) is 11.5 Å². The molecule has 104 valence electrons. The third kappa shape index (κ3) is 2.56. The van der Waals surface area contributed by atoms with Crippen molar-refractivity contribution in [3.05, 3.63) is 23.8 Å². The number of hydrogen-bond donors (Lipinski definition) is 1. The zero-order chi connectivity index (χ0) is 13.3. The van der Waals surface area contributed by atoms with Crippen LogP contribution in [0.4, 0.5) is 0 Å². The van der Waals surface area contributed by atoms with Crippen LogP contribution in [0.1, 0.15) is 37.8 Å². The maximum Gasteiger partial charge on any atom is 0.231 e. The first-order chi connectivity index (χ1) is 9.22. The van der Waals surface area contributed by atoms with E-state index in [1.165, 1.54) is 24.8 Å². The number of rotatable bonds is 5. The summed E-state index contributed by atoms with van der Waals surface area (Å²) in [5.41, 5.74) is 1.26. The van der Waals surface area contributed by atoms with Gasteiger partial charge in [0.05, 0.1) is 0 Å². The topological polar surface area (TPSA) is 30.5 Å². The van der Waals surface area contributed by atoms with Crippen LogP contribution in [-0.2, 0) is 0 Å². The van der Waals surface area contributed by atoms with E-state index in [1.807, 2.05) is 17.8 Å². The van der Waals surface area contributed by atoms with Crippen LogP contribution in [0, 0.1) is 0 Å². The summed E-state index contributed by atoms with van der Waals surface area (Å²) in [6, 6.07) is 6.56. The number of benzene rings is 1. The highest BCUT2D eigenvalue weighted by molar-refractivity contribution is 8.00. The normalized spacial score (nSPS) is 20.9. The molecule has 0 saturated heterocycles. The van der Waals surface area contributed by atoms with E-state index >= 15 is 0 Å². The lowest BCUT2D eigenvalue weighted by Crippen LogP contribution is -2.43. The summed E-state index contributed by atoms with van der Waals surface area (Å²) in [5.74, 6) is 1.73. The Kier molecular flexibility index (Phi) is 3.63. The van der Waals surface area contributed by atoms with Crippen molar-refractivity contribution >= 4 is 11.8 Å². The van der Waals surface area contributed by atoms with Crippen molar-refractivity contribution in [2.75, 3.05) is 19.6 Å². The van der Waals surface area contributed by atoms with Crippen LogP contribution in [0.25, 0.3) is 0 Å². The first-order valence-electron chi connectivity index (χ1n) is 6.90. The number of ether oxygens (including phenoxy) is 2. The average molecular weight is 279 g/mol. The van der Waals surface area contributed by atoms with Gasteiger partial charge in [-0.2, -0.15) is 11.8 Å². The molecule has 1 saturated carbocycles. The molecular formula is C15H21NO2S. The van der Waals surface area contributed by atoms with E-state index in [4.69, 9.17) is 9.47 Å². The van der Waals surface area contributed by atoms with Gasteiger partial charge < -0.3 is 14.8 Å². The fourth-order valence-corrected chi connectivity index (χ4v) is 3.59. The van der Waals surface area contributed by atoms with Crippen molar-refractivity contribution in [3.8, 4) is 11.5 Å². The fourth-order valence-electron chi connectivity index (χ4n) is 2.66. The smallest absolute Gasteiger partial charge is 0.231 e. The van der Waals surface area contributed by atoms with Crippen LogP contribution >= 0.6 is 11.8 Å². The standard InChI is InChI=1S/C15H21NO2S/c1-11(16-9-15(19-2)6-3-7-15)12-4-5-13-14(8-12)18-10-17-13/h4-5,8,11,16H,3,6-7,9-10H2,1-2H3. The van der Waals surface area contributed by atoms with Crippen molar-refractivity contribution in [1.82, 2.24) is 5.32 Å². The number of hydrogen-bond acceptors (Lipinski definition) is 4. The third-order valence-electron chi connectivity index (χ3n) is 4.32. The minimum absolute atomic E-state index is 0.343. The molecule has 1 aliphatic carbocycles. The van der Waals surface area contributed by atoms with Gasteiger partial charge in [-0.3, -0.25) is 0 Å². The second-order valence-corrected chi connectivity index (χ2v) is 6.73. The van der Waals surface area contributed by atoms with Crippen molar-refractivity contribution in [2.45, 2.75) is 37.0 Å². The summed E-state index contributed by atoms with van der Waals surface area (Å²) in [5, 5.41) is 3.67. The van der Waals surface area contributed by atoms with E-state index in [-0.39, 0.29) is 0 Å². The summed E-state index contributed by atoms with van der Waals surface area (Å²) >= 11 is 2.01. The van der Waals surface area contributed by atoms with Gasteiger partial charge in [-0.05, 0) is 43.7 Å². The molecule has 4 heteroatoms. The van der Waals surface area contributed by atoms with Crippen LogP contribution in [-0.4, -0.2) is 24.3 Å². The van der Waals surface area contributed by atoms with Gasteiger partial charge >= 0.3 is 0 Å². The molecule has 0 radical (unpaired) electrons. The third-order valence-corrected chi connectivity index (χ3v) is 5.74. The quantitative estimate of drug-likeness (QED) is 0.895. The predicted octanol–water partition coefficient (Wildman–Crippen LogP) is 3.35. The SMILES string of the molecule is CSC1(CNC(C)c2ccc3c(c2)OCO3)CCC1. The Morgan fingerprint density at radius 2 is 2.11 bits per heavy atom. The minimum atomic E-state index is 0.343. The van der Waals surface area contributed by atoms with Gasteiger partial charge in [0.2, 0.25) is 6.79 Å². The lowest BCUT2D eigenvalue weighted by atomic mass is 9.84. The molecule has 0 amide bonds. The van der Waals surface area contributed by atoms with Crippen LogP contribution in [0.2, 0.25) is 0 Å². The average Bonchev–Trinajstić information content (AvgIpc) is 2.84. The summed E-state index contributed by atoms with van der Waals surface area (Å²) in [6.45, 7) is 3.64. The molecule has 1 atom stereocenters. The van der Waals surface area contributed by atoms with Crippen LogP contribution < -0.4 is 14.8 Å². The van der Waals surface area contributed by atoms with Gasteiger partial charge in [0.15, 0.2) is 11.5 Å². The van der Waals surface area contributed by atoms with Gasteiger partial charge in [0, 0.05) is 17.3 Å². The number of thioether (sulfide) groups is 1. The second-order valence-electron chi connectivity index (χ2n) is 5.46. The Balaban J connectivity index is 1.62. The Bertz CT molecular complexity index is 454. The van der Waals surface area contributed by atoms with Gasteiger partial charge in [-0.15, -0.1) is 0 Å². The van der Waals surface area contributed by atoms with E-state index in [2.05, 4.69) is 30.6 Å². The molecule has 2 aliphatic rings. The Labute approximate surface area is 119 Å². The highest BCUT2D eigenvalue weighted by atomic mass is 32.2.